The first-order valence-corrected chi connectivity index (χ1v) is 7.90. The number of methoxy groups -OCH3 is 1. The third kappa shape index (κ3) is 4.02. The van der Waals surface area contributed by atoms with Crippen molar-refractivity contribution in [3.8, 4) is 11.5 Å². The number of nitrogens with two attached hydrogens (primary N) is 1. The van der Waals surface area contributed by atoms with E-state index < -0.39 is 0 Å². The van der Waals surface area contributed by atoms with Gasteiger partial charge in [-0.2, -0.15) is 0 Å². The minimum absolute atomic E-state index is 0.259. The van der Waals surface area contributed by atoms with Crippen LogP contribution < -0.4 is 15.2 Å². The third-order valence-electron chi connectivity index (χ3n) is 3.89. The Hall–Kier alpha value is -0.970. The van der Waals surface area contributed by atoms with Crippen LogP contribution in [-0.2, 0) is 6.54 Å². The van der Waals surface area contributed by atoms with Gasteiger partial charge in [0.2, 0.25) is 0 Å². The highest BCUT2D eigenvalue weighted by Crippen LogP contribution is 2.37. The van der Waals surface area contributed by atoms with Gasteiger partial charge in [0.25, 0.3) is 0 Å². The fraction of sp³-hybridized carbons (Fsp3) is 0.625. The number of halogens is 1. The van der Waals surface area contributed by atoms with Crippen LogP contribution in [0.2, 0.25) is 5.02 Å². The van der Waals surface area contributed by atoms with E-state index in [1.807, 2.05) is 12.1 Å². The molecule has 0 saturated carbocycles. The minimum atomic E-state index is 0.259. The average Bonchev–Trinajstić information content (AvgIpc) is 2.75. The van der Waals surface area contributed by atoms with Crippen LogP contribution in [0, 0.1) is 5.92 Å². The topological polar surface area (TPSA) is 47.7 Å². The lowest BCUT2D eigenvalue weighted by molar-refractivity contribution is 0.292. The van der Waals surface area contributed by atoms with Gasteiger partial charge in [-0.1, -0.05) is 25.4 Å². The fourth-order valence-corrected chi connectivity index (χ4v) is 2.98. The molecule has 21 heavy (non-hydrogen) atoms. The molecule has 1 aromatic carbocycles. The molecule has 0 radical (unpaired) electrons. The molecule has 0 aliphatic carbocycles. The van der Waals surface area contributed by atoms with Gasteiger partial charge < -0.3 is 15.2 Å². The maximum atomic E-state index is 6.34. The second-order valence-electron chi connectivity index (χ2n) is 5.79. The zero-order valence-corrected chi connectivity index (χ0v) is 13.8. The highest BCUT2D eigenvalue weighted by molar-refractivity contribution is 6.32. The molecule has 0 bridgehead atoms. The monoisotopic (exact) mass is 312 g/mol. The van der Waals surface area contributed by atoms with Crippen molar-refractivity contribution >= 4 is 11.6 Å². The van der Waals surface area contributed by atoms with E-state index in [9.17, 15) is 0 Å². The SMILES string of the molecule is CCCOc1c(Cl)cc(CN2CC(C)C(N)C2)cc1OC. The van der Waals surface area contributed by atoms with Crippen molar-refractivity contribution in [2.45, 2.75) is 32.9 Å². The molecule has 4 nitrogen and oxygen atoms in total. The molecule has 0 spiro atoms. The summed E-state index contributed by atoms with van der Waals surface area (Å²) in [6.07, 6.45) is 0.935. The largest absolute Gasteiger partial charge is 0.493 e. The Morgan fingerprint density at radius 1 is 1.38 bits per heavy atom. The molecule has 118 valence electrons. The molecule has 1 saturated heterocycles. The zero-order chi connectivity index (χ0) is 15.4. The van der Waals surface area contributed by atoms with Crippen LogP contribution in [0.4, 0.5) is 0 Å². The summed E-state index contributed by atoms with van der Waals surface area (Å²) in [5, 5.41) is 0.606. The van der Waals surface area contributed by atoms with Gasteiger partial charge in [0.05, 0.1) is 18.7 Å². The summed E-state index contributed by atoms with van der Waals surface area (Å²) in [7, 11) is 1.64. The smallest absolute Gasteiger partial charge is 0.179 e. The molecule has 2 rings (SSSR count). The van der Waals surface area contributed by atoms with Crippen molar-refractivity contribution in [2.24, 2.45) is 11.7 Å². The summed E-state index contributed by atoms with van der Waals surface area (Å²) in [4.78, 5) is 2.35. The van der Waals surface area contributed by atoms with Crippen LogP contribution in [-0.4, -0.2) is 37.7 Å². The number of ether oxygens (including phenoxy) is 2. The molecular weight excluding hydrogens is 288 g/mol. The molecular formula is C16H25ClN2O2. The van der Waals surface area contributed by atoms with E-state index >= 15 is 0 Å². The second-order valence-corrected chi connectivity index (χ2v) is 6.20. The van der Waals surface area contributed by atoms with Gasteiger partial charge in [-0.05, 0) is 30.0 Å². The van der Waals surface area contributed by atoms with Crippen molar-refractivity contribution in [1.82, 2.24) is 4.90 Å². The first kappa shape index (κ1) is 16.4. The molecule has 1 fully saturated rings. The Balaban J connectivity index is 2.12. The van der Waals surface area contributed by atoms with Crippen LogP contribution in [0.25, 0.3) is 0 Å². The predicted molar refractivity (Wildman–Crippen MR) is 86.2 cm³/mol. The van der Waals surface area contributed by atoms with Gasteiger partial charge >= 0.3 is 0 Å². The maximum absolute atomic E-state index is 6.34. The third-order valence-corrected chi connectivity index (χ3v) is 4.17. The number of hydrogen-bond acceptors (Lipinski definition) is 4. The van der Waals surface area contributed by atoms with Crippen LogP contribution in [0.3, 0.4) is 0 Å². The Morgan fingerprint density at radius 3 is 2.71 bits per heavy atom. The molecule has 2 N–H and O–H groups in total. The van der Waals surface area contributed by atoms with Gasteiger partial charge in [-0.25, -0.2) is 0 Å². The summed E-state index contributed by atoms with van der Waals surface area (Å²) in [5.41, 5.74) is 7.20. The zero-order valence-electron chi connectivity index (χ0n) is 13.1. The van der Waals surface area contributed by atoms with E-state index in [2.05, 4.69) is 18.7 Å². The normalized spacial score (nSPS) is 22.5. The first-order valence-electron chi connectivity index (χ1n) is 7.52. The van der Waals surface area contributed by atoms with Crippen molar-refractivity contribution in [2.75, 3.05) is 26.8 Å². The van der Waals surface area contributed by atoms with Gasteiger partial charge in [0, 0.05) is 25.7 Å². The fourth-order valence-electron chi connectivity index (χ4n) is 2.69. The molecule has 2 atom stereocenters. The van der Waals surface area contributed by atoms with Crippen molar-refractivity contribution < 1.29 is 9.47 Å². The van der Waals surface area contributed by atoms with Crippen LogP contribution in [0.5, 0.6) is 11.5 Å². The molecule has 1 aliphatic rings. The second kappa shape index (κ2) is 7.34. The lowest BCUT2D eigenvalue weighted by Gasteiger charge is -2.18. The minimum Gasteiger partial charge on any atom is -0.493 e. The molecule has 1 heterocycles. The summed E-state index contributed by atoms with van der Waals surface area (Å²) in [6, 6.07) is 4.23. The van der Waals surface area contributed by atoms with E-state index in [1.54, 1.807) is 7.11 Å². The Kier molecular flexibility index (Phi) is 5.73. The van der Waals surface area contributed by atoms with Crippen LogP contribution in [0.15, 0.2) is 12.1 Å². The van der Waals surface area contributed by atoms with E-state index in [1.165, 1.54) is 0 Å². The molecule has 0 amide bonds. The maximum Gasteiger partial charge on any atom is 0.179 e. The van der Waals surface area contributed by atoms with Crippen molar-refractivity contribution in [3.05, 3.63) is 22.7 Å². The van der Waals surface area contributed by atoms with Gasteiger partial charge in [0.1, 0.15) is 0 Å². The average molecular weight is 313 g/mol. The van der Waals surface area contributed by atoms with Gasteiger partial charge in [-0.15, -0.1) is 0 Å². The van der Waals surface area contributed by atoms with Crippen molar-refractivity contribution in [1.29, 1.82) is 0 Å². The summed E-state index contributed by atoms with van der Waals surface area (Å²) in [6.45, 7) is 7.67. The van der Waals surface area contributed by atoms with E-state index in [0.717, 1.165) is 31.6 Å². The Labute approximate surface area is 132 Å². The number of nitrogens with zero attached hydrogens (tertiary/aromatic N) is 1. The summed E-state index contributed by atoms with van der Waals surface area (Å²) >= 11 is 6.34. The number of benzene rings is 1. The molecule has 1 aromatic rings. The lowest BCUT2D eigenvalue weighted by atomic mass is 10.1. The molecule has 5 heteroatoms. The summed E-state index contributed by atoms with van der Waals surface area (Å²) < 4.78 is 11.1. The van der Waals surface area contributed by atoms with E-state index in [-0.39, 0.29) is 6.04 Å². The van der Waals surface area contributed by atoms with Crippen LogP contribution in [0.1, 0.15) is 25.8 Å². The Bertz CT molecular complexity index is 472. The lowest BCUT2D eigenvalue weighted by Crippen LogP contribution is -2.28. The number of likely N-dealkylation sites (tertiary alicyclic amines) is 1. The van der Waals surface area contributed by atoms with Gasteiger partial charge in [0.15, 0.2) is 11.5 Å². The molecule has 0 aromatic heterocycles. The van der Waals surface area contributed by atoms with Crippen LogP contribution >= 0.6 is 11.6 Å². The highest BCUT2D eigenvalue weighted by atomic mass is 35.5. The summed E-state index contributed by atoms with van der Waals surface area (Å²) in [5.74, 6) is 1.87. The standard InChI is InChI=1S/C16H25ClN2O2/c1-4-5-21-16-13(17)6-12(7-15(16)20-3)9-19-8-11(2)14(18)10-19/h6-7,11,14H,4-5,8-10,18H2,1-3H3. The first-order chi connectivity index (χ1) is 10.0. The van der Waals surface area contributed by atoms with Crippen molar-refractivity contribution in [3.63, 3.8) is 0 Å². The highest BCUT2D eigenvalue weighted by Gasteiger charge is 2.26. The molecule has 1 aliphatic heterocycles. The molecule has 2 unspecified atom stereocenters. The van der Waals surface area contributed by atoms with Gasteiger partial charge in [-0.3, -0.25) is 4.90 Å². The Morgan fingerprint density at radius 2 is 2.14 bits per heavy atom. The predicted octanol–water partition coefficient (Wildman–Crippen LogP) is 2.92. The number of hydrogen-bond donors (Lipinski definition) is 1. The van der Waals surface area contributed by atoms with E-state index in [0.29, 0.717) is 29.0 Å². The van der Waals surface area contributed by atoms with E-state index in [4.69, 9.17) is 26.8 Å². The quantitative estimate of drug-likeness (QED) is 0.877. The number of rotatable bonds is 6.